The minimum Gasteiger partial charge on any atom is -0.319 e. The number of halogens is 2. The predicted octanol–water partition coefficient (Wildman–Crippen LogP) is 3.97. The smallest absolute Gasteiger partial charge is 0.269 e. The van der Waals surface area contributed by atoms with Gasteiger partial charge in [-0.05, 0) is 40.5 Å². The first-order chi connectivity index (χ1) is 9.88. The van der Waals surface area contributed by atoms with Crippen LogP contribution in [0.3, 0.4) is 0 Å². The fraction of sp³-hybridized carbons (Fsp3) is 0.0769. The molecule has 0 unspecified atom stereocenters. The summed E-state index contributed by atoms with van der Waals surface area (Å²) in [5, 5.41) is 13.5. The van der Waals surface area contributed by atoms with Crippen LogP contribution in [0.1, 0.15) is 15.9 Å². The topological polar surface area (TPSA) is 85.1 Å². The SMILES string of the molecule is Cc1cc([N+](=O)[O-])ccc1C(=O)Nc1cc(Br)cnc1Cl. The number of aromatic nitrogens is 1. The van der Waals surface area contributed by atoms with Gasteiger partial charge in [-0.3, -0.25) is 14.9 Å². The predicted molar refractivity (Wildman–Crippen MR) is 82.7 cm³/mol. The first-order valence-electron chi connectivity index (χ1n) is 5.76. The third-order valence-corrected chi connectivity index (χ3v) is 3.45. The van der Waals surface area contributed by atoms with E-state index in [1.165, 1.54) is 24.4 Å². The number of carbonyl (C=O) groups excluding carboxylic acids is 1. The number of amides is 1. The van der Waals surface area contributed by atoms with E-state index in [0.717, 1.165) is 0 Å². The lowest BCUT2D eigenvalue weighted by Crippen LogP contribution is -2.14. The van der Waals surface area contributed by atoms with Crippen molar-refractivity contribution >= 4 is 44.8 Å². The number of rotatable bonds is 3. The van der Waals surface area contributed by atoms with Crippen LogP contribution in [0.15, 0.2) is 34.9 Å². The van der Waals surface area contributed by atoms with Crippen LogP contribution >= 0.6 is 27.5 Å². The van der Waals surface area contributed by atoms with Gasteiger partial charge >= 0.3 is 0 Å². The van der Waals surface area contributed by atoms with Gasteiger partial charge in [-0.1, -0.05) is 11.6 Å². The lowest BCUT2D eigenvalue weighted by molar-refractivity contribution is -0.384. The number of pyridine rings is 1. The number of nitro benzene ring substituents is 1. The van der Waals surface area contributed by atoms with Crippen LogP contribution in [-0.2, 0) is 0 Å². The number of aryl methyl sites for hydroxylation is 1. The largest absolute Gasteiger partial charge is 0.319 e. The first kappa shape index (κ1) is 15.4. The molecule has 6 nitrogen and oxygen atoms in total. The third kappa shape index (κ3) is 3.56. The summed E-state index contributed by atoms with van der Waals surface area (Å²) in [6, 6.07) is 5.65. The Labute approximate surface area is 133 Å². The number of non-ortho nitro benzene ring substituents is 1. The number of nitrogens with one attached hydrogen (secondary N) is 1. The lowest BCUT2D eigenvalue weighted by atomic mass is 10.1. The monoisotopic (exact) mass is 369 g/mol. The maximum absolute atomic E-state index is 12.2. The molecule has 0 fully saturated rings. The number of hydrogen-bond donors (Lipinski definition) is 1. The summed E-state index contributed by atoms with van der Waals surface area (Å²) in [5.74, 6) is -0.413. The van der Waals surface area contributed by atoms with Crippen LogP contribution in [0.25, 0.3) is 0 Å². The first-order valence-corrected chi connectivity index (χ1v) is 6.93. The van der Waals surface area contributed by atoms with Gasteiger partial charge in [-0.2, -0.15) is 0 Å². The minimum absolute atomic E-state index is 0.0637. The molecule has 8 heteroatoms. The molecule has 0 spiro atoms. The van der Waals surface area contributed by atoms with Gasteiger partial charge in [0.15, 0.2) is 5.15 Å². The Morgan fingerprint density at radius 1 is 1.43 bits per heavy atom. The van der Waals surface area contributed by atoms with Crippen molar-refractivity contribution < 1.29 is 9.72 Å². The van der Waals surface area contributed by atoms with Crippen molar-refractivity contribution in [1.82, 2.24) is 4.98 Å². The average Bonchev–Trinajstić information content (AvgIpc) is 2.42. The molecule has 2 aromatic rings. The van der Waals surface area contributed by atoms with E-state index >= 15 is 0 Å². The molecule has 0 aliphatic heterocycles. The highest BCUT2D eigenvalue weighted by atomic mass is 79.9. The summed E-state index contributed by atoms with van der Waals surface area (Å²) in [6.07, 6.45) is 1.51. The Morgan fingerprint density at radius 3 is 2.76 bits per heavy atom. The number of carbonyl (C=O) groups is 1. The molecule has 0 aliphatic carbocycles. The molecule has 0 saturated carbocycles. The highest BCUT2D eigenvalue weighted by Gasteiger charge is 2.15. The standard InChI is InChI=1S/C13H9BrClN3O3/c1-7-4-9(18(20)21)2-3-10(7)13(19)17-11-5-8(14)6-16-12(11)15/h2-6H,1H3,(H,17,19). The second kappa shape index (κ2) is 6.19. The van der Waals surface area contributed by atoms with Gasteiger partial charge in [0, 0.05) is 28.4 Å². The summed E-state index contributed by atoms with van der Waals surface area (Å²) in [6.45, 7) is 1.63. The van der Waals surface area contributed by atoms with Crippen molar-refractivity contribution in [2.24, 2.45) is 0 Å². The maximum atomic E-state index is 12.2. The highest BCUT2D eigenvalue weighted by molar-refractivity contribution is 9.10. The van der Waals surface area contributed by atoms with Crippen molar-refractivity contribution in [3.63, 3.8) is 0 Å². The van der Waals surface area contributed by atoms with E-state index in [-0.39, 0.29) is 10.8 Å². The molecular formula is C13H9BrClN3O3. The van der Waals surface area contributed by atoms with Gasteiger partial charge in [0.05, 0.1) is 10.6 Å². The zero-order valence-corrected chi connectivity index (χ0v) is 13.1. The Kier molecular flexibility index (Phi) is 4.54. The summed E-state index contributed by atoms with van der Waals surface area (Å²) in [7, 11) is 0. The lowest BCUT2D eigenvalue weighted by Gasteiger charge is -2.09. The molecule has 1 N–H and O–H groups in total. The van der Waals surface area contributed by atoms with Crippen LogP contribution in [0.2, 0.25) is 5.15 Å². The maximum Gasteiger partial charge on any atom is 0.269 e. The minimum atomic E-state index is -0.510. The van der Waals surface area contributed by atoms with Gasteiger partial charge in [0.25, 0.3) is 11.6 Å². The van der Waals surface area contributed by atoms with E-state index in [1.807, 2.05) is 0 Å². The van der Waals surface area contributed by atoms with Crippen LogP contribution in [0.5, 0.6) is 0 Å². The number of nitrogens with zero attached hydrogens (tertiary/aromatic N) is 2. The quantitative estimate of drug-likeness (QED) is 0.503. The van der Waals surface area contributed by atoms with Crippen molar-refractivity contribution in [2.75, 3.05) is 5.32 Å². The molecular weight excluding hydrogens is 362 g/mol. The van der Waals surface area contributed by atoms with Crippen molar-refractivity contribution in [2.45, 2.75) is 6.92 Å². The fourth-order valence-corrected chi connectivity index (χ4v) is 2.20. The summed E-state index contributed by atoms with van der Waals surface area (Å²) in [5.41, 5.74) is 1.12. The van der Waals surface area contributed by atoms with Crippen LogP contribution in [-0.4, -0.2) is 15.8 Å². The zero-order chi connectivity index (χ0) is 15.6. The van der Waals surface area contributed by atoms with E-state index in [0.29, 0.717) is 21.3 Å². The molecule has 0 atom stereocenters. The number of hydrogen-bond acceptors (Lipinski definition) is 4. The van der Waals surface area contributed by atoms with E-state index in [9.17, 15) is 14.9 Å². The normalized spacial score (nSPS) is 10.2. The summed E-state index contributed by atoms with van der Waals surface area (Å²) < 4.78 is 0.669. The highest BCUT2D eigenvalue weighted by Crippen LogP contribution is 2.24. The van der Waals surface area contributed by atoms with Gasteiger partial charge in [-0.15, -0.1) is 0 Å². The number of nitro groups is 1. The van der Waals surface area contributed by atoms with Crippen LogP contribution in [0, 0.1) is 17.0 Å². The molecule has 1 aromatic carbocycles. The van der Waals surface area contributed by atoms with Crippen molar-refractivity contribution in [3.05, 3.63) is 61.3 Å². The van der Waals surface area contributed by atoms with E-state index in [1.54, 1.807) is 13.0 Å². The van der Waals surface area contributed by atoms with Crippen LogP contribution in [0.4, 0.5) is 11.4 Å². The fourth-order valence-electron chi connectivity index (χ4n) is 1.72. The van der Waals surface area contributed by atoms with Crippen LogP contribution < -0.4 is 5.32 Å². The molecule has 1 aromatic heterocycles. The van der Waals surface area contributed by atoms with E-state index in [4.69, 9.17) is 11.6 Å². The molecule has 1 amide bonds. The van der Waals surface area contributed by atoms with Crippen molar-refractivity contribution in [1.29, 1.82) is 0 Å². The van der Waals surface area contributed by atoms with E-state index in [2.05, 4.69) is 26.2 Å². The van der Waals surface area contributed by atoms with Gasteiger partial charge in [0.2, 0.25) is 0 Å². The second-order valence-electron chi connectivity index (χ2n) is 4.20. The Hall–Kier alpha value is -1.99. The van der Waals surface area contributed by atoms with Crippen molar-refractivity contribution in [3.8, 4) is 0 Å². The summed E-state index contributed by atoms with van der Waals surface area (Å²) >= 11 is 9.13. The molecule has 2 rings (SSSR count). The van der Waals surface area contributed by atoms with E-state index < -0.39 is 10.8 Å². The Balaban J connectivity index is 2.28. The number of anilines is 1. The second-order valence-corrected chi connectivity index (χ2v) is 5.48. The molecule has 1 heterocycles. The van der Waals surface area contributed by atoms with Gasteiger partial charge in [-0.25, -0.2) is 4.98 Å². The number of benzene rings is 1. The average molecular weight is 371 g/mol. The Morgan fingerprint density at radius 2 is 2.14 bits per heavy atom. The molecule has 21 heavy (non-hydrogen) atoms. The summed E-state index contributed by atoms with van der Waals surface area (Å²) in [4.78, 5) is 26.3. The molecule has 0 bridgehead atoms. The van der Waals surface area contributed by atoms with Gasteiger partial charge < -0.3 is 5.32 Å². The molecule has 108 valence electrons. The molecule has 0 saturated heterocycles. The molecule has 0 aliphatic rings. The van der Waals surface area contributed by atoms with Gasteiger partial charge in [0.1, 0.15) is 0 Å². The third-order valence-electron chi connectivity index (χ3n) is 2.72. The molecule has 0 radical (unpaired) electrons. The zero-order valence-electron chi connectivity index (χ0n) is 10.8. The Bertz CT molecular complexity index is 737.